The topological polar surface area (TPSA) is 54.5 Å². The van der Waals surface area contributed by atoms with E-state index >= 15 is 0 Å². The minimum absolute atomic E-state index is 0.129. The van der Waals surface area contributed by atoms with Crippen molar-refractivity contribution in [1.29, 1.82) is 0 Å². The summed E-state index contributed by atoms with van der Waals surface area (Å²) in [5.41, 5.74) is 1.09. The van der Waals surface area contributed by atoms with E-state index in [9.17, 15) is 4.79 Å². The molecule has 94 valence electrons. The maximum atomic E-state index is 11.3. The summed E-state index contributed by atoms with van der Waals surface area (Å²) in [7, 11) is 5.11. The van der Waals surface area contributed by atoms with Crippen LogP contribution in [0.15, 0.2) is 18.3 Å². The molecule has 0 aliphatic rings. The number of carbonyl (C=O) groups excluding carboxylic acids is 1. The Morgan fingerprint density at radius 3 is 2.94 bits per heavy atom. The Morgan fingerprint density at radius 2 is 2.29 bits per heavy atom. The molecule has 0 spiro atoms. The Morgan fingerprint density at radius 1 is 1.53 bits per heavy atom. The van der Waals surface area contributed by atoms with Crippen LogP contribution in [-0.2, 0) is 11.3 Å². The van der Waals surface area contributed by atoms with E-state index in [4.69, 9.17) is 4.74 Å². The first-order valence-corrected chi connectivity index (χ1v) is 5.53. The molecule has 0 radical (unpaired) electrons. The first kappa shape index (κ1) is 13.4. The van der Waals surface area contributed by atoms with Crippen molar-refractivity contribution in [1.82, 2.24) is 15.2 Å². The fraction of sp³-hybridized carbons (Fsp3) is 0.500. The van der Waals surface area contributed by atoms with Crippen molar-refractivity contribution < 1.29 is 9.53 Å². The number of rotatable bonds is 6. The average Bonchev–Trinajstić information content (AvgIpc) is 2.34. The van der Waals surface area contributed by atoms with E-state index in [0.29, 0.717) is 25.4 Å². The third-order valence-corrected chi connectivity index (χ3v) is 2.35. The summed E-state index contributed by atoms with van der Waals surface area (Å²) >= 11 is 0. The van der Waals surface area contributed by atoms with E-state index in [-0.39, 0.29) is 5.91 Å². The molecule has 0 unspecified atom stereocenters. The first-order valence-electron chi connectivity index (χ1n) is 5.53. The number of hydrogen-bond donors (Lipinski definition) is 1. The summed E-state index contributed by atoms with van der Waals surface area (Å²) in [5, 5.41) is 3.21. The van der Waals surface area contributed by atoms with Crippen LogP contribution in [0, 0.1) is 0 Å². The number of nitrogens with one attached hydrogen (secondary N) is 1. The van der Waals surface area contributed by atoms with Gasteiger partial charge in [-0.3, -0.25) is 4.79 Å². The summed E-state index contributed by atoms with van der Waals surface area (Å²) in [6.45, 7) is 1.38. The summed E-state index contributed by atoms with van der Waals surface area (Å²) < 4.78 is 5.03. The first-order chi connectivity index (χ1) is 8.13. The SMILES string of the molecule is COc1cc(CNCCC(=O)N(C)C)ccn1. The van der Waals surface area contributed by atoms with Crippen LogP contribution < -0.4 is 10.1 Å². The number of aromatic nitrogens is 1. The van der Waals surface area contributed by atoms with Crippen molar-refractivity contribution in [2.24, 2.45) is 0 Å². The van der Waals surface area contributed by atoms with Crippen molar-refractivity contribution in [3.05, 3.63) is 23.9 Å². The minimum Gasteiger partial charge on any atom is -0.481 e. The van der Waals surface area contributed by atoms with Crippen LogP contribution in [0.1, 0.15) is 12.0 Å². The third-order valence-electron chi connectivity index (χ3n) is 2.35. The lowest BCUT2D eigenvalue weighted by Gasteiger charge is -2.10. The minimum atomic E-state index is 0.129. The van der Waals surface area contributed by atoms with Gasteiger partial charge in [-0.1, -0.05) is 0 Å². The highest BCUT2D eigenvalue weighted by atomic mass is 16.5. The van der Waals surface area contributed by atoms with Gasteiger partial charge in [-0.2, -0.15) is 0 Å². The van der Waals surface area contributed by atoms with E-state index in [1.54, 1.807) is 32.3 Å². The highest BCUT2D eigenvalue weighted by molar-refractivity contribution is 5.75. The largest absolute Gasteiger partial charge is 0.481 e. The predicted molar refractivity (Wildman–Crippen MR) is 65.8 cm³/mol. The molecule has 0 aromatic carbocycles. The number of carbonyl (C=O) groups is 1. The number of nitrogens with zero attached hydrogens (tertiary/aromatic N) is 2. The molecule has 1 aromatic heterocycles. The lowest BCUT2D eigenvalue weighted by molar-refractivity contribution is -0.128. The maximum absolute atomic E-state index is 11.3. The van der Waals surface area contributed by atoms with Crippen LogP contribution in [0.2, 0.25) is 0 Å². The van der Waals surface area contributed by atoms with Gasteiger partial charge in [0.2, 0.25) is 11.8 Å². The standard InChI is InChI=1S/C12H19N3O2/c1-15(2)12(16)5-6-13-9-10-4-7-14-11(8-10)17-3/h4,7-8,13H,5-6,9H2,1-3H3. The van der Waals surface area contributed by atoms with Gasteiger partial charge in [-0.15, -0.1) is 0 Å². The molecule has 0 saturated carbocycles. The summed E-state index contributed by atoms with van der Waals surface area (Å²) in [6.07, 6.45) is 2.22. The number of hydrogen-bond acceptors (Lipinski definition) is 4. The average molecular weight is 237 g/mol. The van der Waals surface area contributed by atoms with Gasteiger partial charge in [0, 0.05) is 45.9 Å². The molecule has 0 aliphatic carbocycles. The van der Waals surface area contributed by atoms with Crippen molar-refractivity contribution in [3.8, 4) is 5.88 Å². The highest BCUT2D eigenvalue weighted by Gasteiger charge is 2.02. The van der Waals surface area contributed by atoms with E-state index in [1.165, 1.54) is 0 Å². The van der Waals surface area contributed by atoms with Gasteiger partial charge in [-0.25, -0.2) is 4.98 Å². The highest BCUT2D eigenvalue weighted by Crippen LogP contribution is 2.07. The van der Waals surface area contributed by atoms with Gasteiger partial charge < -0.3 is 15.0 Å². The van der Waals surface area contributed by atoms with Crippen LogP contribution in [0.3, 0.4) is 0 Å². The van der Waals surface area contributed by atoms with Gasteiger partial charge in [0.1, 0.15) is 0 Å². The molecule has 1 amide bonds. The zero-order chi connectivity index (χ0) is 12.7. The lowest BCUT2D eigenvalue weighted by Crippen LogP contribution is -2.26. The van der Waals surface area contributed by atoms with Gasteiger partial charge in [0.05, 0.1) is 7.11 Å². The fourth-order valence-corrected chi connectivity index (χ4v) is 1.32. The number of pyridine rings is 1. The third kappa shape index (κ3) is 4.82. The van der Waals surface area contributed by atoms with Gasteiger partial charge in [0.25, 0.3) is 0 Å². The molecule has 0 saturated heterocycles. The molecule has 0 fully saturated rings. The van der Waals surface area contributed by atoms with E-state index in [2.05, 4.69) is 10.3 Å². The molecular weight excluding hydrogens is 218 g/mol. The Kier molecular flexibility index (Phi) is 5.42. The normalized spacial score (nSPS) is 10.1. The Bertz CT molecular complexity index is 367. The Labute approximate surface area is 102 Å². The summed E-state index contributed by atoms with van der Waals surface area (Å²) in [5.74, 6) is 0.735. The quantitative estimate of drug-likeness (QED) is 0.738. The summed E-state index contributed by atoms with van der Waals surface area (Å²) in [4.78, 5) is 16.9. The zero-order valence-electron chi connectivity index (χ0n) is 10.6. The molecular formula is C12H19N3O2. The van der Waals surface area contributed by atoms with Crippen molar-refractivity contribution in [3.63, 3.8) is 0 Å². The van der Waals surface area contributed by atoms with Gasteiger partial charge >= 0.3 is 0 Å². The molecule has 1 aromatic rings. The summed E-state index contributed by atoms with van der Waals surface area (Å²) in [6, 6.07) is 3.80. The molecule has 5 heteroatoms. The second kappa shape index (κ2) is 6.85. The maximum Gasteiger partial charge on any atom is 0.223 e. The molecule has 1 rings (SSSR count). The fourth-order valence-electron chi connectivity index (χ4n) is 1.32. The van der Waals surface area contributed by atoms with Gasteiger partial charge in [0.15, 0.2) is 0 Å². The molecule has 0 atom stereocenters. The second-order valence-electron chi connectivity index (χ2n) is 3.92. The Hall–Kier alpha value is -1.62. The zero-order valence-corrected chi connectivity index (χ0v) is 10.6. The molecule has 1 N–H and O–H groups in total. The molecule has 0 bridgehead atoms. The number of methoxy groups -OCH3 is 1. The molecule has 1 heterocycles. The lowest BCUT2D eigenvalue weighted by atomic mass is 10.2. The Balaban J connectivity index is 2.28. The molecule has 17 heavy (non-hydrogen) atoms. The molecule has 5 nitrogen and oxygen atoms in total. The van der Waals surface area contributed by atoms with Crippen LogP contribution in [0.25, 0.3) is 0 Å². The second-order valence-corrected chi connectivity index (χ2v) is 3.92. The van der Waals surface area contributed by atoms with Gasteiger partial charge in [-0.05, 0) is 11.6 Å². The van der Waals surface area contributed by atoms with Crippen molar-refractivity contribution in [2.45, 2.75) is 13.0 Å². The number of ether oxygens (including phenoxy) is 1. The van der Waals surface area contributed by atoms with Crippen LogP contribution in [0.5, 0.6) is 5.88 Å². The van der Waals surface area contributed by atoms with Crippen molar-refractivity contribution in [2.75, 3.05) is 27.7 Å². The predicted octanol–water partition coefficient (Wildman–Crippen LogP) is 0.658. The van der Waals surface area contributed by atoms with E-state index in [1.807, 2.05) is 12.1 Å². The monoisotopic (exact) mass is 237 g/mol. The van der Waals surface area contributed by atoms with Crippen LogP contribution in [0.4, 0.5) is 0 Å². The molecule has 0 aliphatic heterocycles. The van der Waals surface area contributed by atoms with Crippen LogP contribution in [-0.4, -0.2) is 43.5 Å². The smallest absolute Gasteiger partial charge is 0.223 e. The van der Waals surface area contributed by atoms with Crippen LogP contribution >= 0.6 is 0 Å². The van der Waals surface area contributed by atoms with E-state index in [0.717, 1.165) is 5.56 Å². The van der Waals surface area contributed by atoms with Crippen molar-refractivity contribution >= 4 is 5.91 Å². The van der Waals surface area contributed by atoms with E-state index < -0.39 is 0 Å². The number of amides is 1.